The van der Waals surface area contributed by atoms with Gasteiger partial charge in [-0.05, 0) is 42.2 Å². The summed E-state index contributed by atoms with van der Waals surface area (Å²) in [5, 5.41) is 35.0. The molecule has 33 heavy (non-hydrogen) atoms. The van der Waals surface area contributed by atoms with E-state index in [2.05, 4.69) is 10.5 Å². The van der Waals surface area contributed by atoms with E-state index in [0.29, 0.717) is 18.7 Å². The molecule has 0 atom stereocenters. The Morgan fingerprint density at radius 2 is 1.85 bits per heavy atom. The third-order valence-electron chi connectivity index (χ3n) is 4.81. The molecule has 0 aromatic heterocycles. The molecular formula is C24H30N2O7. The highest BCUT2D eigenvalue weighted by molar-refractivity contribution is 6.02. The summed E-state index contributed by atoms with van der Waals surface area (Å²) in [6.07, 6.45) is 0.240. The first-order valence-electron chi connectivity index (χ1n) is 10.5. The molecule has 0 radical (unpaired) electrons. The molecule has 2 aromatic carbocycles. The summed E-state index contributed by atoms with van der Waals surface area (Å²) >= 11 is 0. The van der Waals surface area contributed by atoms with Gasteiger partial charge in [-0.25, -0.2) is 4.79 Å². The Balaban J connectivity index is 2.17. The Morgan fingerprint density at radius 3 is 2.42 bits per heavy atom. The molecule has 2 aromatic rings. The number of carbonyl (C=O) groups excluding carboxylic acids is 1. The third kappa shape index (κ3) is 7.13. The van der Waals surface area contributed by atoms with Gasteiger partial charge >= 0.3 is 11.9 Å². The number of oxime groups is 1. The van der Waals surface area contributed by atoms with E-state index in [9.17, 15) is 19.9 Å². The van der Waals surface area contributed by atoms with Crippen LogP contribution in [-0.4, -0.2) is 52.8 Å². The Hall–Kier alpha value is -3.75. The summed E-state index contributed by atoms with van der Waals surface area (Å²) < 4.78 is 10.5. The SMILES string of the molecule is CCOC(=O)CCNc1ccc(C(COc2ccc(C(=O)O)c(O)c2)=NO)cc1C(C)(C)C. The number of carboxylic acid groups (broad SMARTS) is 1. The molecule has 0 aliphatic heterocycles. The number of hydrogen-bond donors (Lipinski definition) is 4. The Morgan fingerprint density at radius 1 is 1.12 bits per heavy atom. The lowest BCUT2D eigenvalue weighted by molar-refractivity contribution is -0.142. The molecule has 9 nitrogen and oxygen atoms in total. The number of carboxylic acids is 1. The molecule has 0 saturated carbocycles. The average Bonchev–Trinajstić information content (AvgIpc) is 2.74. The molecule has 0 fully saturated rings. The molecule has 9 heteroatoms. The van der Waals surface area contributed by atoms with Crippen molar-refractivity contribution < 1.29 is 34.5 Å². The van der Waals surface area contributed by atoms with Gasteiger partial charge in [-0.1, -0.05) is 32.0 Å². The molecule has 0 saturated heterocycles. The lowest BCUT2D eigenvalue weighted by atomic mass is 9.84. The van der Waals surface area contributed by atoms with Gasteiger partial charge in [-0.3, -0.25) is 4.79 Å². The van der Waals surface area contributed by atoms with Crippen LogP contribution in [0.25, 0.3) is 0 Å². The van der Waals surface area contributed by atoms with Crippen LogP contribution in [0.4, 0.5) is 5.69 Å². The van der Waals surface area contributed by atoms with E-state index in [-0.39, 0.29) is 41.4 Å². The molecule has 0 unspecified atom stereocenters. The molecule has 0 heterocycles. The minimum absolute atomic E-state index is 0.110. The van der Waals surface area contributed by atoms with E-state index < -0.39 is 11.7 Å². The largest absolute Gasteiger partial charge is 0.507 e. The molecular weight excluding hydrogens is 428 g/mol. The summed E-state index contributed by atoms with van der Waals surface area (Å²) in [5.41, 5.74) is 2.20. The van der Waals surface area contributed by atoms with E-state index >= 15 is 0 Å². The standard InChI is InChI=1S/C24H30N2O7/c1-5-32-22(28)10-11-25-19-9-6-15(12-18(19)24(2,3)4)20(26-31)14-33-16-7-8-17(23(29)30)21(27)13-16/h6-9,12-13,25,27,31H,5,10-11,14H2,1-4H3,(H,29,30). The number of nitrogens with one attached hydrogen (secondary N) is 1. The highest BCUT2D eigenvalue weighted by Gasteiger charge is 2.20. The average molecular weight is 459 g/mol. The van der Waals surface area contributed by atoms with Gasteiger partial charge in [0, 0.05) is 23.9 Å². The summed E-state index contributed by atoms with van der Waals surface area (Å²) in [5.74, 6) is -1.71. The number of nitrogens with zero attached hydrogens (tertiary/aromatic N) is 1. The molecule has 0 aliphatic carbocycles. The van der Waals surface area contributed by atoms with E-state index in [1.807, 2.05) is 32.9 Å². The van der Waals surface area contributed by atoms with Crippen LogP contribution in [0.1, 0.15) is 55.6 Å². The molecule has 0 spiro atoms. The number of hydrogen-bond acceptors (Lipinski definition) is 8. The quantitative estimate of drug-likeness (QED) is 0.181. The number of aromatic carboxylic acids is 1. The monoisotopic (exact) mass is 458 g/mol. The number of benzene rings is 2. The molecule has 0 amide bonds. The van der Waals surface area contributed by atoms with Crippen molar-refractivity contribution in [2.45, 2.75) is 39.5 Å². The minimum atomic E-state index is -1.25. The van der Waals surface area contributed by atoms with Gasteiger partial charge in [-0.2, -0.15) is 0 Å². The molecule has 2 rings (SSSR count). The van der Waals surface area contributed by atoms with Gasteiger partial charge in [-0.15, -0.1) is 0 Å². The van der Waals surface area contributed by atoms with Crippen LogP contribution in [-0.2, 0) is 14.9 Å². The van der Waals surface area contributed by atoms with Crippen LogP contribution in [0.2, 0.25) is 0 Å². The Kier molecular flexibility index (Phi) is 8.67. The smallest absolute Gasteiger partial charge is 0.339 e. The number of phenols is 1. The number of esters is 1. The van der Waals surface area contributed by atoms with Gasteiger partial charge in [0.05, 0.1) is 13.0 Å². The van der Waals surface area contributed by atoms with Crippen LogP contribution in [0.3, 0.4) is 0 Å². The number of ether oxygens (including phenoxy) is 2. The van der Waals surface area contributed by atoms with Crippen LogP contribution in [0.5, 0.6) is 11.5 Å². The summed E-state index contributed by atoms with van der Waals surface area (Å²) in [6.45, 7) is 8.54. The zero-order valence-corrected chi connectivity index (χ0v) is 19.2. The maximum atomic E-state index is 11.6. The first-order valence-corrected chi connectivity index (χ1v) is 10.5. The predicted molar refractivity (Wildman–Crippen MR) is 124 cm³/mol. The fourth-order valence-corrected chi connectivity index (χ4v) is 3.13. The van der Waals surface area contributed by atoms with Crippen molar-refractivity contribution in [2.75, 3.05) is 25.1 Å². The summed E-state index contributed by atoms with van der Waals surface area (Å²) in [6, 6.07) is 9.34. The fourth-order valence-electron chi connectivity index (χ4n) is 3.13. The maximum Gasteiger partial charge on any atom is 0.339 e. The third-order valence-corrected chi connectivity index (χ3v) is 4.81. The molecule has 178 valence electrons. The van der Waals surface area contributed by atoms with Crippen LogP contribution in [0.15, 0.2) is 41.6 Å². The van der Waals surface area contributed by atoms with Crippen LogP contribution >= 0.6 is 0 Å². The zero-order chi connectivity index (χ0) is 24.6. The van der Waals surface area contributed by atoms with E-state index in [4.69, 9.17) is 14.6 Å². The second-order valence-corrected chi connectivity index (χ2v) is 8.31. The number of anilines is 1. The highest BCUT2D eigenvalue weighted by Crippen LogP contribution is 2.31. The van der Waals surface area contributed by atoms with E-state index in [1.54, 1.807) is 13.0 Å². The second kappa shape index (κ2) is 11.2. The molecule has 4 N–H and O–H groups in total. The van der Waals surface area contributed by atoms with Crippen LogP contribution < -0.4 is 10.1 Å². The van der Waals surface area contributed by atoms with Gasteiger partial charge in [0.1, 0.15) is 29.4 Å². The number of carbonyl (C=O) groups is 2. The lowest BCUT2D eigenvalue weighted by Crippen LogP contribution is -2.19. The van der Waals surface area contributed by atoms with Crippen molar-refractivity contribution in [3.63, 3.8) is 0 Å². The first-order chi connectivity index (χ1) is 15.6. The van der Waals surface area contributed by atoms with Crippen molar-refractivity contribution in [3.05, 3.63) is 53.1 Å². The first kappa shape index (κ1) is 25.5. The zero-order valence-electron chi connectivity index (χ0n) is 19.2. The summed E-state index contributed by atoms with van der Waals surface area (Å²) in [4.78, 5) is 22.6. The van der Waals surface area contributed by atoms with Gasteiger partial charge in [0.2, 0.25) is 0 Å². The Labute approximate surface area is 192 Å². The van der Waals surface area contributed by atoms with Crippen molar-refractivity contribution >= 4 is 23.3 Å². The predicted octanol–water partition coefficient (Wildman–Crippen LogP) is 4.01. The number of aromatic hydroxyl groups is 1. The fraction of sp³-hybridized carbons (Fsp3) is 0.375. The van der Waals surface area contributed by atoms with Crippen LogP contribution in [0, 0.1) is 0 Å². The molecule has 0 aliphatic rings. The highest BCUT2D eigenvalue weighted by atomic mass is 16.5. The normalized spacial score (nSPS) is 11.7. The molecule has 0 bridgehead atoms. The Bertz CT molecular complexity index is 1030. The second-order valence-electron chi connectivity index (χ2n) is 8.31. The van der Waals surface area contributed by atoms with Gasteiger partial charge < -0.3 is 30.2 Å². The van der Waals surface area contributed by atoms with E-state index in [0.717, 1.165) is 11.3 Å². The van der Waals surface area contributed by atoms with Crippen molar-refractivity contribution in [3.8, 4) is 11.5 Å². The summed E-state index contributed by atoms with van der Waals surface area (Å²) in [7, 11) is 0. The van der Waals surface area contributed by atoms with Crippen molar-refractivity contribution in [1.29, 1.82) is 0 Å². The minimum Gasteiger partial charge on any atom is -0.507 e. The van der Waals surface area contributed by atoms with Crippen molar-refractivity contribution in [2.24, 2.45) is 5.16 Å². The van der Waals surface area contributed by atoms with E-state index in [1.165, 1.54) is 18.2 Å². The van der Waals surface area contributed by atoms with Gasteiger partial charge in [0.15, 0.2) is 0 Å². The topological polar surface area (TPSA) is 138 Å². The lowest BCUT2D eigenvalue weighted by Gasteiger charge is -2.24. The van der Waals surface area contributed by atoms with Crippen molar-refractivity contribution in [1.82, 2.24) is 0 Å². The number of rotatable bonds is 10. The van der Waals surface area contributed by atoms with Gasteiger partial charge in [0.25, 0.3) is 0 Å². The maximum absolute atomic E-state index is 11.6.